The summed E-state index contributed by atoms with van der Waals surface area (Å²) in [6, 6.07) is 0. The van der Waals surface area contributed by atoms with Gasteiger partial charge in [0.2, 0.25) is 0 Å². The molecule has 0 unspecified atom stereocenters. The molecule has 158 valence electrons. The maximum atomic E-state index is 12.6. The first-order valence-electron chi connectivity index (χ1n) is 10.8. The number of allylic oxidation sites excluding steroid dienone is 2. The normalized spacial score (nSPS) is 38.1. The van der Waals surface area contributed by atoms with Crippen molar-refractivity contribution >= 4 is 5.97 Å². The third-order valence-electron chi connectivity index (χ3n) is 8.25. The molecule has 0 radical (unpaired) electrons. The van der Waals surface area contributed by atoms with Crippen LogP contribution in [0.15, 0.2) is 36.0 Å². The van der Waals surface area contributed by atoms with E-state index >= 15 is 0 Å². The number of hydrogen-bond donors (Lipinski definition) is 1. The zero-order valence-electron chi connectivity index (χ0n) is 19.0. The van der Waals surface area contributed by atoms with Crippen LogP contribution in [0.1, 0.15) is 80.6 Å². The first kappa shape index (κ1) is 22.9. The number of carbonyl (C=O) groups is 1. The van der Waals surface area contributed by atoms with E-state index in [-0.39, 0.29) is 22.9 Å². The molecule has 2 aliphatic rings. The topological polar surface area (TPSA) is 46.5 Å². The highest BCUT2D eigenvalue weighted by molar-refractivity contribution is 5.87. The standard InChI is InChI=1S/C25H40O3/c1-9-17(3)22(26)28-21-16-19(5)24(7,15-14-23(6,27)10-2)20-13-11-12-18(4)25(20,21)8/h9-10,12,19-21,27H,2,11,13-16H2,1,3-8H3/b17-9-/t19-,20-,21-,23-,24+,25+/m1/s1. The Labute approximate surface area is 171 Å². The molecule has 2 rings (SSSR count). The van der Waals surface area contributed by atoms with E-state index in [0.29, 0.717) is 23.8 Å². The summed E-state index contributed by atoms with van der Waals surface area (Å²) in [6.45, 7) is 18.5. The van der Waals surface area contributed by atoms with Gasteiger partial charge in [-0.25, -0.2) is 4.79 Å². The van der Waals surface area contributed by atoms with Gasteiger partial charge in [-0.2, -0.15) is 0 Å². The maximum Gasteiger partial charge on any atom is 0.333 e. The summed E-state index contributed by atoms with van der Waals surface area (Å²) in [5, 5.41) is 10.5. The van der Waals surface area contributed by atoms with Crippen molar-refractivity contribution in [2.75, 3.05) is 0 Å². The Kier molecular flexibility index (Phi) is 6.70. The fourth-order valence-corrected chi connectivity index (χ4v) is 5.49. The van der Waals surface area contributed by atoms with Crippen molar-refractivity contribution < 1.29 is 14.6 Å². The van der Waals surface area contributed by atoms with Gasteiger partial charge in [0.25, 0.3) is 0 Å². The smallest absolute Gasteiger partial charge is 0.333 e. The van der Waals surface area contributed by atoms with E-state index in [9.17, 15) is 9.90 Å². The van der Waals surface area contributed by atoms with Crippen LogP contribution < -0.4 is 0 Å². The lowest BCUT2D eigenvalue weighted by molar-refractivity contribution is -0.173. The molecule has 0 aromatic heterocycles. The van der Waals surface area contributed by atoms with Crippen LogP contribution in [-0.2, 0) is 9.53 Å². The minimum Gasteiger partial charge on any atom is -0.458 e. The molecule has 28 heavy (non-hydrogen) atoms. The molecule has 0 aromatic carbocycles. The van der Waals surface area contributed by atoms with Crippen LogP contribution in [0.3, 0.4) is 0 Å². The molecule has 1 N–H and O–H groups in total. The molecular weight excluding hydrogens is 348 g/mol. The third kappa shape index (κ3) is 4.01. The average Bonchev–Trinajstić information content (AvgIpc) is 2.65. The zero-order chi connectivity index (χ0) is 21.3. The predicted molar refractivity (Wildman–Crippen MR) is 116 cm³/mol. The van der Waals surface area contributed by atoms with E-state index in [2.05, 4.69) is 40.3 Å². The van der Waals surface area contributed by atoms with Crippen molar-refractivity contribution in [3.8, 4) is 0 Å². The molecule has 0 heterocycles. The summed E-state index contributed by atoms with van der Waals surface area (Å²) in [5.74, 6) is 0.620. The Hall–Kier alpha value is -1.35. The van der Waals surface area contributed by atoms with E-state index < -0.39 is 5.60 Å². The Balaban J connectivity index is 2.39. The maximum absolute atomic E-state index is 12.6. The summed E-state index contributed by atoms with van der Waals surface area (Å²) in [5.41, 5.74) is 1.08. The number of fused-ring (bicyclic) bond motifs is 1. The fraction of sp³-hybridized carbons (Fsp3) is 0.720. The first-order chi connectivity index (χ1) is 12.9. The second-order valence-electron chi connectivity index (χ2n) is 9.87. The highest BCUT2D eigenvalue weighted by atomic mass is 16.5. The molecular formula is C25H40O3. The van der Waals surface area contributed by atoms with Gasteiger partial charge in [-0.05, 0) is 77.0 Å². The van der Waals surface area contributed by atoms with Crippen LogP contribution >= 0.6 is 0 Å². The van der Waals surface area contributed by atoms with E-state index in [1.807, 2.05) is 26.8 Å². The lowest BCUT2D eigenvalue weighted by atomic mass is 9.45. The van der Waals surface area contributed by atoms with Gasteiger partial charge >= 0.3 is 5.97 Å². The minimum absolute atomic E-state index is 0.0792. The zero-order valence-corrected chi connectivity index (χ0v) is 19.0. The Morgan fingerprint density at radius 2 is 2.11 bits per heavy atom. The average molecular weight is 389 g/mol. The van der Waals surface area contributed by atoms with Crippen LogP contribution in [-0.4, -0.2) is 22.8 Å². The molecule has 3 heteroatoms. The van der Waals surface area contributed by atoms with Gasteiger partial charge in [0.05, 0.1) is 5.60 Å². The number of esters is 1. The largest absolute Gasteiger partial charge is 0.458 e. The number of hydrogen-bond acceptors (Lipinski definition) is 3. The summed E-state index contributed by atoms with van der Waals surface area (Å²) >= 11 is 0. The van der Waals surface area contributed by atoms with Crippen molar-refractivity contribution in [2.24, 2.45) is 22.7 Å². The van der Waals surface area contributed by atoms with Crippen molar-refractivity contribution in [1.29, 1.82) is 0 Å². The van der Waals surface area contributed by atoms with Gasteiger partial charge in [0.1, 0.15) is 6.10 Å². The first-order valence-corrected chi connectivity index (χ1v) is 10.8. The van der Waals surface area contributed by atoms with Gasteiger partial charge in [0.15, 0.2) is 0 Å². The predicted octanol–water partition coefficient (Wildman–Crippen LogP) is 5.99. The minimum atomic E-state index is -0.842. The molecule has 2 aliphatic carbocycles. The van der Waals surface area contributed by atoms with Crippen molar-refractivity contribution in [1.82, 2.24) is 0 Å². The molecule has 1 fully saturated rings. The van der Waals surface area contributed by atoms with Crippen LogP contribution in [0.2, 0.25) is 0 Å². The second kappa shape index (κ2) is 8.18. The molecule has 0 saturated heterocycles. The number of rotatable bonds is 6. The summed E-state index contributed by atoms with van der Waals surface area (Å²) in [4.78, 5) is 12.6. The van der Waals surface area contributed by atoms with Crippen molar-refractivity contribution in [3.63, 3.8) is 0 Å². The second-order valence-corrected chi connectivity index (χ2v) is 9.87. The highest BCUT2D eigenvalue weighted by Gasteiger charge is 2.59. The SMILES string of the molecule is C=C[C@@](C)(O)CC[C@@]1(C)[C@H](C)C[C@@H](OC(=O)/C(C)=C\C)[C@@]2(C)C(C)=CCC[C@H]12. The van der Waals surface area contributed by atoms with Gasteiger partial charge in [-0.1, -0.05) is 44.6 Å². The number of carbonyl (C=O) groups excluding carboxylic acids is 1. The van der Waals surface area contributed by atoms with Gasteiger partial charge in [-0.3, -0.25) is 0 Å². The fourth-order valence-electron chi connectivity index (χ4n) is 5.49. The van der Waals surface area contributed by atoms with Gasteiger partial charge in [0, 0.05) is 11.0 Å². The lowest BCUT2D eigenvalue weighted by Crippen LogP contribution is -2.57. The molecule has 3 nitrogen and oxygen atoms in total. The molecule has 0 spiro atoms. The van der Waals surface area contributed by atoms with Gasteiger partial charge < -0.3 is 9.84 Å². The van der Waals surface area contributed by atoms with E-state index in [1.165, 1.54) is 5.57 Å². The molecule has 6 atom stereocenters. The Bertz CT molecular complexity index is 671. The van der Waals surface area contributed by atoms with E-state index in [1.54, 1.807) is 6.08 Å². The van der Waals surface area contributed by atoms with Gasteiger partial charge in [-0.15, -0.1) is 6.58 Å². The number of ether oxygens (including phenoxy) is 1. The molecule has 1 saturated carbocycles. The molecule has 0 aliphatic heterocycles. The van der Waals surface area contributed by atoms with Crippen LogP contribution in [0.25, 0.3) is 0 Å². The van der Waals surface area contributed by atoms with Crippen molar-refractivity contribution in [3.05, 3.63) is 36.0 Å². The van der Waals surface area contributed by atoms with E-state index in [0.717, 1.165) is 25.7 Å². The molecule has 0 amide bonds. The lowest BCUT2D eigenvalue weighted by Gasteiger charge is -2.60. The summed E-state index contributed by atoms with van der Waals surface area (Å²) < 4.78 is 6.10. The van der Waals surface area contributed by atoms with Crippen LogP contribution in [0.4, 0.5) is 0 Å². The molecule has 0 aromatic rings. The third-order valence-corrected chi connectivity index (χ3v) is 8.25. The number of aliphatic hydroxyl groups is 1. The van der Waals surface area contributed by atoms with Crippen LogP contribution in [0.5, 0.6) is 0 Å². The monoisotopic (exact) mass is 388 g/mol. The van der Waals surface area contributed by atoms with Crippen molar-refractivity contribution in [2.45, 2.75) is 92.3 Å². The van der Waals surface area contributed by atoms with E-state index in [4.69, 9.17) is 4.74 Å². The molecule has 0 bridgehead atoms. The quantitative estimate of drug-likeness (QED) is 0.345. The Morgan fingerprint density at radius 3 is 2.68 bits per heavy atom. The Morgan fingerprint density at radius 1 is 1.46 bits per heavy atom. The summed E-state index contributed by atoms with van der Waals surface area (Å²) in [6.07, 6.45) is 10.4. The summed E-state index contributed by atoms with van der Waals surface area (Å²) in [7, 11) is 0. The van der Waals surface area contributed by atoms with Crippen LogP contribution in [0, 0.1) is 22.7 Å². The highest BCUT2D eigenvalue weighted by Crippen LogP contribution is 2.62.